The highest BCUT2D eigenvalue weighted by Gasteiger charge is 2.26. The number of thiazole rings is 1. The van der Waals surface area contributed by atoms with Gasteiger partial charge in [0.2, 0.25) is 5.91 Å². The van der Waals surface area contributed by atoms with Gasteiger partial charge in [-0.3, -0.25) is 19.7 Å². The van der Waals surface area contributed by atoms with Crippen molar-refractivity contribution in [2.45, 2.75) is 23.9 Å². The van der Waals surface area contributed by atoms with Crippen molar-refractivity contribution in [1.29, 1.82) is 0 Å². The number of thioether (sulfide) groups is 1. The van der Waals surface area contributed by atoms with E-state index in [1.165, 1.54) is 36.5 Å². The first-order valence-electron chi connectivity index (χ1n) is 8.99. The predicted molar refractivity (Wildman–Crippen MR) is 116 cm³/mol. The number of carbonyl (C=O) groups is 2. The van der Waals surface area contributed by atoms with Crippen molar-refractivity contribution in [2.24, 2.45) is 0 Å². The summed E-state index contributed by atoms with van der Waals surface area (Å²) in [7, 11) is 0. The molecule has 1 aromatic heterocycles. The minimum atomic E-state index is -4.24. The van der Waals surface area contributed by atoms with Crippen LogP contribution >= 0.6 is 23.1 Å². The fourth-order valence-electron chi connectivity index (χ4n) is 2.65. The molecule has 13 heteroatoms. The lowest BCUT2D eigenvalue weighted by Gasteiger charge is -2.08. The molecule has 3 rings (SSSR count). The molecule has 0 aliphatic rings. The SMILES string of the molecule is CC(=O)Nc1ccc([N+](=O)[O-])c(C(=O)Nc2ccc3nc(SCCC(F)(F)F)sc3c2)c1. The summed E-state index contributed by atoms with van der Waals surface area (Å²) >= 11 is 2.17. The summed E-state index contributed by atoms with van der Waals surface area (Å²) in [6.45, 7) is 1.26. The van der Waals surface area contributed by atoms with E-state index in [0.29, 0.717) is 20.2 Å². The van der Waals surface area contributed by atoms with Gasteiger partial charge in [0.1, 0.15) is 5.56 Å². The van der Waals surface area contributed by atoms with Crippen LogP contribution in [0.2, 0.25) is 0 Å². The van der Waals surface area contributed by atoms with Crippen molar-refractivity contribution in [3.8, 4) is 0 Å². The van der Waals surface area contributed by atoms with Gasteiger partial charge in [0.15, 0.2) is 4.34 Å². The van der Waals surface area contributed by atoms with E-state index in [-0.39, 0.29) is 17.0 Å². The van der Waals surface area contributed by atoms with Gasteiger partial charge in [0, 0.05) is 30.1 Å². The summed E-state index contributed by atoms with van der Waals surface area (Å²) in [6, 6.07) is 8.36. The molecule has 32 heavy (non-hydrogen) atoms. The Morgan fingerprint density at radius 1 is 1.16 bits per heavy atom. The van der Waals surface area contributed by atoms with Crippen molar-refractivity contribution in [1.82, 2.24) is 4.98 Å². The number of anilines is 2. The third kappa shape index (κ3) is 6.17. The number of carbonyl (C=O) groups excluding carboxylic acids is 2. The summed E-state index contributed by atoms with van der Waals surface area (Å²) in [4.78, 5) is 38.8. The van der Waals surface area contributed by atoms with E-state index in [0.717, 1.165) is 17.8 Å². The first kappa shape index (κ1) is 23.5. The molecule has 0 aliphatic carbocycles. The van der Waals surface area contributed by atoms with Gasteiger partial charge >= 0.3 is 6.18 Å². The van der Waals surface area contributed by atoms with Gasteiger partial charge in [-0.15, -0.1) is 11.3 Å². The fourth-order valence-corrected chi connectivity index (χ4v) is 4.82. The molecular weight excluding hydrogens is 469 g/mol. The molecule has 168 valence electrons. The van der Waals surface area contributed by atoms with E-state index in [9.17, 15) is 32.9 Å². The van der Waals surface area contributed by atoms with Gasteiger partial charge in [-0.25, -0.2) is 4.98 Å². The summed E-state index contributed by atoms with van der Waals surface area (Å²) in [6.07, 6.45) is -5.16. The van der Waals surface area contributed by atoms with E-state index in [1.54, 1.807) is 12.1 Å². The average molecular weight is 484 g/mol. The molecule has 1 heterocycles. The van der Waals surface area contributed by atoms with Gasteiger partial charge in [-0.05, 0) is 30.3 Å². The van der Waals surface area contributed by atoms with Crippen LogP contribution < -0.4 is 10.6 Å². The smallest absolute Gasteiger partial charge is 0.326 e. The fraction of sp³-hybridized carbons (Fsp3) is 0.211. The first-order valence-corrected chi connectivity index (χ1v) is 10.8. The molecule has 3 aromatic rings. The third-order valence-electron chi connectivity index (χ3n) is 4.00. The molecule has 8 nitrogen and oxygen atoms in total. The first-order chi connectivity index (χ1) is 15.0. The Labute approximate surface area is 187 Å². The minimum absolute atomic E-state index is 0.152. The summed E-state index contributed by atoms with van der Waals surface area (Å²) in [5.74, 6) is -1.31. The lowest BCUT2D eigenvalue weighted by Crippen LogP contribution is -2.15. The number of benzene rings is 2. The second-order valence-electron chi connectivity index (χ2n) is 6.50. The molecule has 0 saturated carbocycles. The highest BCUT2D eigenvalue weighted by molar-refractivity contribution is 8.01. The number of rotatable bonds is 7. The number of amides is 2. The molecule has 0 unspecified atom stereocenters. The van der Waals surface area contributed by atoms with Gasteiger partial charge in [-0.2, -0.15) is 13.2 Å². The molecule has 2 amide bonds. The molecule has 0 spiro atoms. The zero-order valence-corrected chi connectivity index (χ0v) is 18.0. The maximum Gasteiger partial charge on any atom is 0.389 e. The molecule has 2 N–H and O–H groups in total. The average Bonchev–Trinajstić information content (AvgIpc) is 3.08. The normalized spacial score (nSPS) is 11.4. The van der Waals surface area contributed by atoms with Crippen LogP contribution in [-0.4, -0.2) is 33.7 Å². The van der Waals surface area contributed by atoms with Crippen LogP contribution in [0.25, 0.3) is 10.2 Å². The largest absolute Gasteiger partial charge is 0.389 e. The third-order valence-corrected chi connectivity index (χ3v) is 6.16. The molecule has 0 atom stereocenters. The number of hydrogen-bond acceptors (Lipinski definition) is 7. The number of nitrogens with one attached hydrogen (secondary N) is 2. The molecule has 2 aromatic carbocycles. The van der Waals surface area contributed by atoms with E-state index < -0.39 is 35.0 Å². The lowest BCUT2D eigenvalue weighted by atomic mass is 10.1. The van der Waals surface area contributed by atoms with Crippen molar-refractivity contribution in [3.63, 3.8) is 0 Å². The second-order valence-corrected chi connectivity index (χ2v) is 8.87. The van der Waals surface area contributed by atoms with Gasteiger partial charge in [-0.1, -0.05) is 11.8 Å². The van der Waals surface area contributed by atoms with Crippen LogP contribution in [0.15, 0.2) is 40.7 Å². The Morgan fingerprint density at radius 3 is 2.50 bits per heavy atom. The Balaban J connectivity index is 1.79. The maximum absolute atomic E-state index is 12.7. The number of hydrogen-bond donors (Lipinski definition) is 2. The highest BCUT2D eigenvalue weighted by atomic mass is 32.2. The molecule has 0 bridgehead atoms. The molecular formula is C19H15F3N4O4S2. The Hall–Kier alpha value is -3.19. The van der Waals surface area contributed by atoms with Crippen LogP contribution in [-0.2, 0) is 4.79 Å². The van der Waals surface area contributed by atoms with Crippen LogP contribution in [0, 0.1) is 10.1 Å². The van der Waals surface area contributed by atoms with Crippen LogP contribution in [0.3, 0.4) is 0 Å². The Morgan fingerprint density at radius 2 is 1.84 bits per heavy atom. The van der Waals surface area contributed by atoms with Gasteiger partial charge < -0.3 is 10.6 Å². The zero-order valence-electron chi connectivity index (χ0n) is 16.4. The van der Waals surface area contributed by atoms with E-state index in [4.69, 9.17) is 0 Å². The maximum atomic E-state index is 12.7. The number of fused-ring (bicyclic) bond motifs is 1. The van der Waals surface area contributed by atoms with Crippen molar-refractivity contribution in [2.75, 3.05) is 16.4 Å². The number of nitro benzene ring substituents is 1. The Kier molecular flexibility index (Phi) is 6.99. The monoisotopic (exact) mass is 484 g/mol. The number of nitrogens with zero attached hydrogens (tertiary/aromatic N) is 2. The summed E-state index contributed by atoms with van der Waals surface area (Å²) in [5, 5.41) is 16.3. The van der Waals surface area contributed by atoms with E-state index in [1.807, 2.05) is 0 Å². The number of aromatic nitrogens is 1. The highest BCUT2D eigenvalue weighted by Crippen LogP contribution is 2.33. The van der Waals surface area contributed by atoms with Crippen molar-refractivity contribution in [3.05, 3.63) is 52.1 Å². The van der Waals surface area contributed by atoms with Crippen LogP contribution in [0.1, 0.15) is 23.7 Å². The second kappa shape index (κ2) is 9.53. The van der Waals surface area contributed by atoms with Crippen LogP contribution in [0.5, 0.6) is 0 Å². The van der Waals surface area contributed by atoms with Crippen molar-refractivity contribution < 1.29 is 27.7 Å². The molecule has 0 radical (unpaired) electrons. The molecule has 0 fully saturated rings. The number of nitro groups is 1. The topological polar surface area (TPSA) is 114 Å². The van der Waals surface area contributed by atoms with E-state index >= 15 is 0 Å². The van der Waals surface area contributed by atoms with E-state index in [2.05, 4.69) is 15.6 Å². The minimum Gasteiger partial charge on any atom is -0.326 e. The van der Waals surface area contributed by atoms with Crippen molar-refractivity contribution >= 4 is 62.2 Å². The van der Waals surface area contributed by atoms with Gasteiger partial charge in [0.25, 0.3) is 11.6 Å². The quantitative estimate of drug-likeness (QED) is 0.262. The summed E-state index contributed by atoms with van der Waals surface area (Å²) < 4.78 is 38.0. The molecule has 0 saturated heterocycles. The standard InChI is InChI=1S/C19H15F3N4O4S2/c1-10(27)23-11-3-5-15(26(29)30)13(8-11)17(28)24-12-2-4-14-16(9-12)32-18(25-14)31-7-6-19(20,21)22/h2-5,8-9H,6-7H2,1H3,(H,23,27)(H,24,28). The predicted octanol–water partition coefficient (Wildman–Crippen LogP) is 5.46. The van der Waals surface area contributed by atoms with Gasteiger partial charge in [0.05, 0.1) is 21.6 Å². The molecule has 0 aliphatic heterocycles. The Bertz CT molecular complexity index is 1200. The zero-order chi connectivity index (χ0) is 23.5. The lowest BCUT2D eigenvalue weighted by molar-refractivity contribution is -0.385. The summed E-state index contributed by atoms with van der Waals surface area (Å²) in [5.41, 5.74) is 0.443. The number of alkyl halides is 3. The number of halogens is 3. The van der Waals surface area contributed by atoms with Crippen LogP contribution in [0.4, 0.5) is 30.2 Å².